The molecule has 1 rings (SSSR count). The van der Waals surface area contributed by atoms with Crippen molar-refractivity contribution < 1.29 is 26.7 Å². The molecule has 8 heteroatoms. The molecule has 0 aliphatic rings. The molecule has 4 nitrogen and oxygen atoms in total. The first-order valence-corrected chi connectivity index (χ1v) is 6.99. The molecule has 1 aromatic rings. The summed E-state index contributed by atoms with van der Waals surface area (Å²) in [7, 11) is -3.84. The molecule has 0 radical (unpaired) electrons. The van der Waals surface area contributed by atoms with Gasteiger partial charge < -0.3 is 5.11 Å². The van der Waals surface area contributed by atoms with Crippen molar-refractivity contribution in [3.63, 3.8) is 0 Å². The van der Waals surface area contributed by atoms with Crippen molar-refractivity contribution in [1.82, 2.24) is 4.72 Å². The quantitative estimate of drug-likeness (QED) is 0.787. The third-order valence-electron chi connectivity index (χ3n) is 2.32. The van der Waals surface area contributed by atoms with Gasteiger partial charge in [0.1, 0.15) is 0 Å². The number of aliphatic hydroxyl groups is 1. The fraction of sp³-hybridized carbons (Fsp3) is 0.455. The van der Waals surface area contributed by atoms with E-state index in [1.54, 1.807) is 6.07 Å². The summed E-state index contributed by atoms with van der Waals surface area (Å²) in [5.41, 5.74) is 0.415. The van der Waals surface area contributed by atoms with Crippen molar-refractivity contribution in [2.45, 2.75) is 30.5 Å². The summed E-state index contributed by atoms with van der Waals surface area (Å²) in [5.74, 6) is 0. The molecule has 108 valence electrons. The van der Waals surface area contributed by atoms with Crippen LogP contribution in [0.2, 0.25) is 0 Å². The Morgan fingerprint density at radius 3 is 2.53 bits per heavy atom. The molecule has 0 saturated carbocycles. The van der Waals surface area contributed by atoms with Gasteiger partial charge in [-0.25, -0.2) is 13.1 Å². The largest absolute Gasteiger partial charge is 0.392 e. The second-order valence-electron chi connectivity index (χ2n) is 3.92. The van der Waals surface area contributed by atoms with Crippen LogP contribution in [-0.4, -0.2) is 26.2 Å². The van der Waals surface area contributed by atoms with Gasteiger partial charge in [-0.15, -0.1) is 0 Å². The minimum Gasteiger partial charge on any atom is -0.392 e. The van der Waals surface area contributed by atoms with E-state index in [0.29, 0.717) is 5.56 Å². The van der Waals surface area contributed by atoms with Crippen molar-refractivity contribution in [3.05, 3.63) is 29.8 Å². The van der Waals surface area contributed by atoms with Crippen LogP contribution >= 0.6 is 0 Å². The molecule has 0 spiro atoms. The highest BCUT2D eigenvalue weighted by Crippen LogP contribution is 2.21. The molecule has 0 amide bonds. The first kappa shape index (κ1) is 15.9. The van der Waals surface area contributed by atoms with Gasteiger partial charge in [0.25, 0.3) is 0 Å². The van der Waals surface area contributed by atoms with Crippen molar-refractivity contribution >= 4 is 10.0 Å². The maximum Gasteiger partial charge on any atom is 0.389 e. The average Bonchev–Trinajstić information content (AvgIpc) is 2.34. The highest BCUT2D eigenvalue weighted by atomic mass is 32.2. The Bertz CT molecular complexity index is 514. The van der Waals surface area contributed by atoms with Crippen LogP contribution in [0.25, 0.3) is 0 Å². The molecule has 0 fully saturated rings. The molecule has 0 aliphatic carbocycles. The number of hydrogen-bond acceptors (Lipinski definition) is 3. The number of benzene rings is 1. The number of sulfonamides is 1. The molecule has 0 aliphatic heterocycles. The predicted octanol–water partition coefficient (Wildman–Crippen LogP) is 1.80. The molecule has 0 unspecified atom stereocenters. The summed E-state index contributed by atoms with van der Waals surface area (Å²) in [6.07, 6.45) is -5.64. The number of nitrogens with one attached hydrogen (secondary N) is 1. The van der Waals surface area contributed by atoms with Crippen LogP contribution in [0.5, 0.6) is 0 Å². The second kappa shape index (κ2) is 6.36. The van der Waals surface area contributed by atoms with Crippen molar-refractivity contribution in [3.8, 4) is 0 Å². The van der Waals surface area contributed by atoms with Gasteiger partial charge in [0.15, 0.2) is 0 Å². The van der Waals surface area contributed by atoms with Gasteiger partial charge in [-0.1, -0.05) is 12.1 Å². The van der Waals surface area contributed by atoms with E-state index in [1.807, 2.05) is 0 Å². The summed E-state index contributed by atoms with van der Waals surface area (Å²) in [6.45, 7) is -0.595. The first-order valence-electron chi connectivity index (χ1n) is 5.51. The van der Waals surface area contributed by atoms with Crippen molar-refractivity contribution in [2.24, 2.45) is 0 Å². The van der Waals surface area contributed by atoms with E-state index in [4.69, 9.17) is 5.11 Å². The molecule has 19 heavy (non-hydrogen) atoms. The fourth-order valence-corrected chi connectivity index (χ4v) is 2.53. The van der Waals surface area contributed by atoms with Crippen LogP contribution in [-0.2, 0) is 16.6 Å². The molecule has 1 aromatic carbocycles. The zero-order chi connectivity index (χ0) is 14.5. The van der Waals surface area contributed by atoms with Crippen LogP contribution in [0, 0.1) is 0 Å². The SMILES string of the molecule is O=S(=O)(NCCCC(F)(F)F)c1cccc(CO)c1. The Hall–Kier alpha value is -1.12. The maximum absolute atomic E-state index is 11.9. The summed E-state index contributed by atoms with van der Waals surface area (Å²) in [6, 6.07) is 5.58. The molecule has 0 saturated heterocycles. The standard InChI is InChI=1S/C11H14F3NO3S/c12-11(13,14)5-2-6-15-19(17,18)10-4-1-3-9(7-10)8-16/h1,3-4,7,15-16H,2,5-6,8H2. The van der Waals surface area contributed by atoms with E-state index in [-0.39, 0.29) is 24.5 Å². The molecule has 0 aromatic heterocycles. The molecular formula is C11H14F3NO3S. The van der Waals surface area contributed by atoms with E-state index in [2.05, 4.69) is 4.72 Å². The molecule has 0 atom stereocenters. The summed E-state index contributed by atoms with van der Waals surface area (Å²) >= 11 is 0. The Labute approximate surface area is 109 Å². The highest BCUT2D eigenvalue weighted by molar-refractivity contribution is 7.89. The van der Waals surface area contributed by atoms with Gasteiger partial charge in [0.2, 0.25) is 10.0 Å². The highest BCUT2D eigenvalue weighted by Gasteiger charge is 2.26. The molecule has 2 N–H and O–H groups in total. The number of aliphatic hydroxyl groups excluding tert-OH is 1. The van der Waals surface area contributed by atoms with Gasteiger partial charge in [-0.2, -0.15) is 13.2 Å². The Balaban J connectivity index is 2.61. The number of rotatable bonds is 6. The molecular weight excluding hydrogens is 283 g/mol. The van der Waals surface area contributed by atoms with E-state index < -0.39 is 22.6 Å². The lowest BCUT2D eigenvalue weighted by atomic mass is 10.2. The fourth-order valence-electron chi connectivity index (χ4n) is 1.39. The number of halogens is 3. The van der Waals surface area contributed by atoms with E-state index in [0.717, 1.165) is 0 Å². The monoisotopic (exact) mass is 297 g/mol. The van der Waals surface area contributed by atoms with Crippen molar-refractivity contribution in [1.29, 1.82) is 0 Å². The van der Waals surface area contributed by atoms with Crippen LogP contribution in [0.15, 0.2) is 29.2 Å². The Morgan fingerprint density at radius 2 is 1.95 bits per heavy atom. The summed E-state index contributed by atoms with van der Waals surface area (Å²) < 4.78 is 61.3. The van der Waals surface area contributed by atoms with Gasteiger partial charge in [0, 0.05) is 13.0 Å². The lowest BCUT2D eigenvalue weighted by Gasteiger charge is -2.09. The number of alkyl halides is 3. The van der Waals surface area contributed by atoms with Crippen LogP contribution < -0.4 is 4.72 Å². The predicted molar refractivity (Wildman–Crippen MR) is 62.8 cm³/mol. The summed E-state index contributed by atoms with van der Waals surface area (Å²) in [5, 5.41) is 8.89. The van der Waals surface area contributed by atoms with Gasteiger partial charge in [-0.05, 0) is 24.1 Å². The second-order valence-corrected chi connectivity index (χ2v) is 5.69. The van der Waals surface area contributed by atoms with Gasteiger partial charge in [-0.3, -0.25) is 0 Å². The third-order valence-corrected chi connectivity index (χ3v) is 3.78. The molecule has 0 heterocycles. The molecule has 0 bridgehead atoms. The summed E-state index contributed by atoms with van der Waals surface area (Å²) in [4.78, 5) is -0.0777. The van der Waals surface area contributed by atoms with Crippen LogP contribution in [0.1, 0.15) is 18.4 Å². The minimum absolute atomic E-state index is 0.0777. The van der Waals surface area contributed by atoms with Crippen molar-refractivity contribution in [2.75, 3.05) is 6.54 Å². The average molecular weight is 297 g/mol. The lowest BCUT2D eigenvalue weighted by molar-refractivity contribution is -0.135. The lowest BCUT2D eigenvalue weighted by Crippen LogP contribution is -2.26. The normalized spacial score (nSPS) is 12.6. The van der Waals surface area contributed by atoms with E-state index in [1.165, 1.54) is 18.2 Å². The number of hydrogen-bond donors (Lipinski definition) is 2. The topological polar surface area (TPSA) is 66.4 Å². The zero-order valence-corrected chi connectivity index (χ0v) is 10.8. The van der Waals surface area contributed by atoms with E-state index in [9.17, 15) is 21.6 Å². The Kier molecular flexibility index (Phi) is 5.33. The van der Waals surface area contributed by atoms with E-state index >= 15 is 0 Å². The minimum atomic E-state index is -4.29. The first-order chi connectivity index (χ1) is 8.74. The third kappa shape index (κ3) is 5.58. The zero-order valence-electron chi connectivity index (χ0n) is 9.94. The van der Waals surface area contributed by atoms with Crippen LogP contribution in [0.3, 0.4) is 0 Å². The van der Waals surface area contributed by atoms with Crippen LogP contribution in [0.4, 0.5) is 13.2 Å². The van der Waals surface area contributed by atoms with Gasteiger partial charge in [0.05, 0.1) is 11.5 Å². The smallest absolute Gasteiger partial charge is 0.389 e. The van der Waals surface area contributed by atoms with Gasteiger partial charge >= 0.3 is 6.18 Å². The maximum atomic E-state index is 11.9. The Morgan fingerprint density at radius 1 is 1.26 bits per heavy atom.